The molecule has 1 aliphatic carbocycles. The van der Waals surface area contributed by atoms with Gasteiger partial charge < -0.3 is 10.2 Å². The second kappa shape index (κ2) is 4.93. The fraction of sp³-hybridized carbons (Fsp3) is 0.818. The molecular weight excluding hydrogens is 206 g/mol. The lowest BCUT2D eigenvalue weighted by molar-refractivity contribution is 0.0605. The Morgan fingerprint density at radius 1 is 1.25 bits per heavy atom. The Bertz CT molecular complexity index is 332. The van der Waals surface area contributed by atoms with Gasteiger partial charge in [0, 0.05) is 5.41 Å². The summed E-state index contributed by atoms with van der Waals surface area (Å²) in [6, 6.07) is 0. The van der Waals surface area contributed by atoms with Crippen LogP contribution in [0.3, 0.4) is 0 Å². The highest BCUT2D eigenvalue weighted by atomic mass is 16.3. The summed E-state index contributed by atoms with van der Waals surface area (Å²) in [7, 11) is 0. The van der Waals surface area contributed by atoms with Gasteiger partial charge in [-0.15, -0.1) is 5.10 Å². The van der Waals surface area contributed by atoms with Crippen LogP contribution in [0.15, 0.2) is 6.20 Å². The third-order valence-corrected chi connectivity index (χ3v) is 3.50. The number of rotatable bonds is 4. The molecule has 0 atom stereocenters. The molecule has 90 valence electrons. The van der Waals surface area contributed by atoms with Crippen molar-refractivity contribution < 1.29 is 10.2 Å². The SMILES string of the molecule is OCc1cn(CC2(CO)CCCCC2)nn1. The van der Waals surface area contributed by atoms with Gasteiger partial charge in [-0.2, -0.15) is 0 Å². The van der Waals surface area contributed by atoms with Gasteiger partial charge in [0.25, 0.3) is 0 Å². The van der Waals surface area contributed by atoms with E-state index in [0.717, 1.165) is 12.8 Å². The zero-order valence-electron chi connectivity index (χ0n) is 9.47. The van der Waals surface area contributed by atoms with Crippen LogP contribution >= 0.6 is 0 Å². The number of aliphatic hydroxyl groups is 2. The highest BCUT2D eigenvalue weighted by Gasteiger charge is 2.32. The minimum absolute atomic E-state index is 0.0291. The van der Waals surface area contributed by atoms with Crippen LogP contribution in [-0.4, -0.2) is 31.8 Å². The molecule has 0 aliphatic heterocycles. The maximum Gasteiger partial charge on any atom is 0.108 e. The summed E-state index contributed by atoms with van der Waals surface area (Å²) in [4.78, 5) is 0. The lowest BCUT2D eigenvalue weighted by Gasteiger charge is -2.35. The average molecular weight is 225 g/mol. The van der Waals surface area contributed by atoms with Gasteiger partial charge in [0.1, 0.15) is 5.69 Å². The third kappa shape index (κ3) is 2.41. The first kappa shape index (κ1) is 11.5. The van der Waals surface area contributed by atoms with Gasteiger partial charge in [0.15, 0.2) is 0 Å². The maximum absolute atomic E-state index is 9.56. The van der Waals surface area contributed by atoms with Crippen molar-refractivity contribution in [1.82, 2.24) is 15.0 Å². The smallest absolute Gasteiger partial charge is 0.108 e. The summed E-state index contributed by atoms with van der Waals surface area (Å²) in [5.74, 6) is 0. The quantitative estimate of drug-likeness (QED) is 0.791. The standard InChI is InChI=1S/C11H19N3O2/c15-7-10-6-14(13-12-10)8-11(9-16)4-2-1-3-5-11/h6,15-16H,1-5,7-9H2. The molecule has 0 aromatic carbocycles. The molecule has 0 spiro atoms. The monoisotopic (exact) mass is 225 g/mol. The lowest BCUT2D eigenvalue weighted by Crippen LogP contribution is -2.33. The lowest BCUT2D eigenvalue weighted by atomic mass is 9.74. The number of aromatic nitrogens is 3. The van der Waals surface area contributed by atoms with Crippen molar-refractivity contribution in [3.05, 3.63) is 11.9 Å². The van der Waals surface area contributed by atoms with Crippen molar-refractivity contribution in [3.8, 4) is 0 Å². The number of aliphatic hydroxyl groups excluding tert-OH is 2. The molecule has 1 aliphatic rings. The van der Waals surface area contributed by atoms with Crippen molar-refractivity contribution in [1.29, 1.82) is 0 Å². The Labute approximate surface area is 95.1 Å². The molecule has 5 nitrogen and oxygen atoms in total. The number of hydrogen-bond acceptors (Lipinski definition) is 4. The molecule has 1 heterocycles. The van der Waals surface area contributed by atoms with E-state index in [-0.39, 0.29) is 18.6 Å². The van der Waals surface area contributed by atoms with E-state index in [2.05, 4.69) is 10.3 Å². The van der Waals surface area contributed by atoms with Crippen molar-refractivity contribution >= 4 is 0 Å². The van der Waals surface area contributed by atoms with E-state index in [1.54, 1.807) is 10.9 Å². The first-order valence-electron chi connectivity index (χ1n) is 5.89. The molecule has 0 unspecified atom stereocenters. The Balaban J connectivity index is 2.05. The Morgan fingerprint density at radius 2 is 2.00 bits per heavy atom. The van der Waals surface area contributed by atoms with E-state index in [0.29, 0.717) is 12.2 Å². The molecule has 1 aromatic rings. The number of hydrogen-bond donors (Lipinski definition) is 2. The average Bonchev–Trinajstić information content (AvgIpc) is 2.78. The van der Waals surface area contributed by atoms with Crippen molar-refractivity contribution in [2.75, 3.05) is 6.61 Å². The van der Waals surface area contributed by atoms with E-state index in [1.807, 2.05) is 0 Å². The Hall–Kier alpha value is -0.940. The molecule has 0 saturated heterocycles. The van der Waals surface area contributed by atoms with Gasteiger partial charge in [-0.25, -0.2) is 0 Å². The van der Waals surface area contributed by atoms with Gasteiger partial charge in [0.2, 0.25) is 0 Å². The topological polar surface area (TPSA) is 71.2 Å². The largest absolute Gasteiger partial charge is 0.396 e. The molecule has 2 rings (SSSR count). The Kier molecular flexibility index (Phi) is 3.56. The fourth-order valence-electron chi connectivity index (χ4n) is 2.50. The van der Waals surface area contributed by atoms with Crippen LogP contribution in [0.5, 0.6) is 0 Å². The summed E-state index contributed by atoms with van der Waals surface area (Å²) < 4.78 is 1.74. The normalized spacial score (nSPS) is 19.9. The molecular formula is C11H19N3O2. The minimum Gasteiger partial charge on any atom is -0.396 e. The summed E-state index contributed by atoms with van der Waals surface area (Å²) in [6.07, 6.45) is 7.49. The summed E-state index contributed by atoms with van der Waals surface area (Å²) in [6.45, 7) is 0.837. The summed E-state index contributed by atoms with van der Waals surface area (Å²) in [5.41, 5.74) is 0.558. The first-order valence-corrected chi connectivity index (χ1v) is 5.89. The van der Waals surface area contributed by atoms with Crippen molar-refractivity contribution in [2.24, 2.45) is 5.41 Å². The van der Waals surface area contributed by atoms with Crippen LogP contribution in [-0.2, 0) is 13.2 Å². The van der Waals surface area contributed by atoms with Gasteiger partial charge >= 0.3 is 0 Å². The van der Waals surface area contributed by atoms with Crippen LogP contribution in [0.4, 0.5) is 0 Å². The summed E-state index contributed by atoms with van der Waals surface area (Å²) in [5, 5.41) is 26.3. The van der Waals surface area contributed by atoms with E-state index in [1.165, 1.54) is 19.3 Å². The van der Waals surface area contributed by atoms with Crippen LogP contribution in [0.25, 0.3) is 0 Å². The van der Waals surface area contributed by atoms with Crippen LogP contribution in [0.2, 0.25) is 0 Å². The third-order valence-electron chi connectivity index (χ3n) is 3.50. The molecule has 0 amide bonds. The summed E-state index contributed by atoms with van der Waals surface area (Å²) >= 11 is 0. The molecule has 5 heteroatoms. The second-order valence-corrected chi connectivity index (χ2v) is 4.78. The van der Waals surface area contributed by atoms with Gasteiger partial charge in [-0.1, -0.05) is 24.5 Å². The van der Waals surface area contributed by atoms with Gasteiger partial charge in [-0.05, 0) is 12.8 Å². The van der Waals surface area contributed by atoms with Crippen LogP contribution in [0.1, 0.15) is 37.8 Å². The van der Waals surface area contributed by atoms with Crippen LogP contribution in [0, 0.1) is 5.41 Å². The molecule has 1 saturated carbocycles. The Morgan fingerprint density at radius 3 is 2.56 bits per heavy atom. The zero-order chi connectivity index (χ0) is 11.4. The molecule has 0 bridgehead atoms. The van der Waals surface area contributed by atoms with E-state index in [4.69, 9.17) is 5.11 Å². The zero-order valence-corrected chi connectivity index (χ0v) is 9.47. The number of nitrogens with zero attached hydrogens (tertiary/aromatic N) is 3. The second-order valence-electron chi connectivity index (χ2n) is 4.78. The first-order chi connectivity index (χ1) is 7.78. The van der Waals surface area contributed by atoms with E-state index in [9.17, 15) is 5.11 Å². The highest BCUT2D eigenvalue weighted by molar-refractivity contribution is 4.91. The molecule has 0 radical (unpaired) electrons. The maximum atomic E-state index is 9.56. The predicted octanol–water partition coefficient (Wildman–Crippen LogP) is 0.713. The fourth-order valence-corrected chi connectivity index (χ4v) is 2.50. The highest BCUT2D eigenvalue weighted by Crippen LogP contribution is 2.37. The molecule has 1 aromatic heterocycles. The molecule has 1 fully saturated rings. The van der Waals surface area contributed by atoms with E-state index >= 15 is 0 Å². The van der Waals surface area contributed by atoms with Crippen molar-refractivity contribution in [2.45, 2.75) is 45.3 Å². The molecule has 16 heavy (non-hydrogen) atoms. The van der Waals surface area contributed by atoms with Gasteiger partial charge in [0.05, 0.1) is 26.0 Å². The van der Waals surface area contributed by atoms with Gasteiger partial charge in [-0.3, -0.25) is 4.68 Å². The molecule has 2 N–H and O–H groups in total. The van der Waals surface area contributed by atoms with Crippen LogP contribution < -0.4 is 0 Å². The van der Waals surface area contributed by atoms with E-state index < -0.39 is 0 Å². The van der Waals surface area contributed by atoms with Crippen molar-refractivity contribution in [3.63, 3.8) is 0 Å². The predicted molar refractivity (Wildman–Crippen MR) is 58.5 cm³/mol. The minimum atomic E-state index is -0.0773.